The van der Waals surface area contributed by atoms with Gasteiger partial charge in [-0.1, -0.05) is 6.07 Å². The molecule has 1 aromatic heterocycles. The van der Waals surface area contributed by atoms with E-state index in [0.717, 1.165) is 24.3 Å². The highest BCUT2D eigenvalue weighted by molar-refractivity contribution is 5.95. The van der Waals surface area contributed by atoms with Crippen molar-refractivity contribution in [3.8, 4) is 0 Å². The van der Waals surface area contributed by atoms with Gasteiger partial charge in [-0.05, 0) is 44.0 Å². The van der Waals surface area contributed by atoms with Gasteiger partial charge in [0.15, 0.2) is 0 Å². The molecular formula is C17H22N4O. The average molecular weight is 298 g/mol. The van der Waals surface area contributed by atoms with Gasteiger partial charge in [0.2, 0.25) is 0 Å². The molecule has 0 aliphatic carbocycles. The Morgan fingerprint density at radius 2 is 2.14 bits per heavy atom. The third-order valence-corrected chi connectivity index (χ3v) is 3.98. The Kier molecular flexibility index (Phi) is 4.42. The van der Waals surface area contributed by atoms with Crippen LogP contribution in [0.25, 0.3) is 0 Å². The van der Waals surface area contributed by atoms with E-state index in [0.29, 0.717) is 6.54 Å². The number of hydrogen-bond donors (Lipinski definition) is 1. The molecule has 1 aliphatic rings. The molecule has 2 aromatic rings. The van der Waals surface area contributed by atoms with Crippen molar-refractivity contribution in [2.24, 2.45) is 0 Å². The molecule has 0 bridgehead atoms. The first-order valence-electron chi connectivity index (χ1n) is 7.86. The molecular weight excluding hydrogens is 276 g/mol. The Hall–Kier alpha value is -2.30. The van der Waals surface area contributed by atoms with Crippen molar-refractivity contribution in [2.75, 3.05) is 18.0 Å². The number of carbonyl (C=O) groups is 1. The van der Waals surface area contributed by atoms with Crippen LogP contribution in [0.3, 0.4) is 0 Å². The second-order valence-electron chi connectivity index (χ2n) is 5.85. The van der Waals surface area contributed by atoms with Gasteiger partial charge < -0.3 is 10.2 Å². The van der Waals surface area contributed by atoms with Gasteiger partial charge in [0, 0.05) is 42.8 Å². The van der Waals surface area contributed by atoms with Crippen molar-refractivity contribution in [3.05, 3.63) is 48.3 Å². The van der Waals surface area contributed by atoms with Crippen molar-refractivity contribution in [1.82, 2.24) is 15.1 Å². The number of carbonyl (C=O) groups excluding carboxylic acids is 1. The summed E-state index contributed by atoms with van der Waals surface area (Å²) in [4.78, 5) is 14.7. The summed E-state index contributed by atoms with van der Waals surface area (Å²) in [5, 5.41) is 7.20. The maximum absolute atomic E-state index is 12.4. The maximum atomic E-state index is 12.4. The Balaban J connectivity index is 1.63. The molecule has 5 nitrogen and oxygen atoms in total. The van der Waals surface area contributed by atoms with Crippen LogP contribution in [-0.2, 0) is 6.54 Å². The number of rotatable bonds is 5. The normalized spacial score (nSPS) is 15.8. The number of anilines is 1. The van der Waals surface area contributed by atoms with Crippen LogP contribution in [0.2, 0.25) is 0 Å². The molecule has 1 amide bonds. The van der Waals surface area contributed by atoms with E-state index in [4.69, 9.17) is 0 Å². The number of benzene rings is 1. The van der Waals surface area contributed by atoms with Crippen LogP contribution in [0.4, 0.5) is 5.69 Å². The van der Waals surface area contributed by atoms with E-state index >= 15 is 0 Å². The number of nitrogens with zero attached hydrogens (tertiary/aromatic N) is 3. The summed E-state index contributed by atoms with van der Waals surface area (Å²) in [7, 11) is 0. The molecule has 3 rings (SSSR count). The molecule has 1 N–H and O–H groups in total. The largest absolute Gasteiger partial charge is 0.372 e. The highest BCUT2D eigenvalue weighted by atomic mass is 16.1. The van der Waals surface area contributed by atoms with E-state index in [9.17, 15) is 4.79 Å². The number of hydrogen-bond acceptors (Lipinski definition) is 3. The highest BCUT2D eigenvalue weighted by Crippen LogP contribution is 2.21. The topological polar surface area (TPSA) is 50.2 Å². The van der Waals surface area contributed by atoms with Crippen LogP contribution in [-0.4, -0.2) is 34.8 Å². The summed E-state index contributed by atoms with van der Waals surface area (Å²) in [6, 6.07) is 9.81. The van der Waals surface area contributed by atoms with Crippen LogP contribution in [0, 0.1) is 0 Å². The standard InChI is InChI=1S/C17H22N4O/c1-14(13-21-11-5-8-18-21)19-17(22)15-6-4-7-16(12-15)20-9-2-3-10-20/h4-8,11-12,14H,2-3,9-10,13H2,1H3,(H,19,22). The summed E-state index contributed by atoms with van der Waals surface area (Å²) in [6.45, 7) is 4.83. The molecule has 1 aliphatic heterocycles. The zero-order valence-corrected chi connectivity index (χ0v) is 12.9. The molecule has 5 heteroatoms. The van der Waals surface area contributed by atoms with E-state index < -0.39 is 0 Å². The first kappa shape index (κ1) is 14.6. The molecule has 2 heterocycles. The van der Waals surface area contributed by atoms with E-state index in [2.05, 4.69) is 21.4 Å². The minimum atomic E-state index is -0.0271. The minimum Gasteiger partial charge on any atom is -0.372 e. The maximum Gasteiger partial charge on any atom is 0.251 e. The second kappa shape index (κ2) is 6.64. The lowest BCUT2D eigenvalue weighted by Crippen LogP contribution is -2.35. The molecule has 0 spiro atoms. The Labute approximate surface area is 130 Å². The van der Waals surface area contributed by atoms with Crippen molar-refractivity contribution in [2.45, 2.75) is 32.4 Å². The summed E-state index contributed by atoms with van der Waals surface area (Å²) in [5.74, 6) is -0.0271. The predicted molar refractivity (Wildman–Crippen MR) is 87.0 cm³/mol. The monoisotopic (exact) mass is 298 g/mol. The second-order valence-corrected chi connectivity index (χ2v) is 5.85. The van der Waals surface area contributed by atoms with Gasteiger partial charge in [-0.2, -0.15) is 5.10 Å². The highest BCUT2D eigenvalue weighted by Gasteiger charge is 2.15. The lowest BCUT2D eigenvalue weighted by atomic mass is 10.1. The van der Waals surface area contributed by atoms with Gasteiger partial charge in [0.05, 0.1) is 6.54 Å². The number of amides is 1. The first-order valence-corrected chi connectivity index (χ1v) is 7.86. The fourth-order valence-electron chi connectivity index (χ4n) is 2.86. The van der Waals surface area contributed by atoms with Gasteiger partial charge in [0.1, 0.15) is 0 Å². The summed E-state index contributed by atoms with van der Waals surface area (Å²) >= 11 is 0. The van der Waals surface area contributed by atoms with E-state index in [-0.39, 0.29) is 11.9 Å². The molecule has 0 saturated carbocycles. The smallest absolute Gasteiger partial charge is 0.251 e. The summed E-state index contributed by atoms with van der Waals surface area (Å²) in [5.41, 5.74) is 1.86. The Morgan fingerprint density at radius 1 is 1.32 bits per heavy atom. The van der Waals surface area contributed by atoms with E-state index in [1.54, 1.807) is 6.20 Å². The molecule has 116 valence electrons. The number of nitrogens with one attached hydrogen (secondary N) is 1. The fraction of sp³-hybridized carbons (Fsp3) is 0.412. The van der Waals surface area contributed by atoms with Gasteiger partial charge >= 0.3 is 0 Å². The van der Waals surface area contributed by atoms with Gasteiger partial charge in [-0.3, -0.25) is 9.48 Å². The molecule has 1 saturated heterocycles. The number of aromatic nitrogens is 2. The Bertz CT molecular complexity index is 617. The molecule has 1 atom stereocenters. The van der Waals surface area contributed by atoms with Crippen molar-refractivity contribution in [1.29, 1.82) is 0 Å². The molecule has 0 radical (unpaired) electrons. The lowest BCUT2D eigenvalue weighted by molar-refractivity contribution is 0.0936. The SMILES string of the molecule is CC(Cn1cccn1)NC(=O)c1cccc(N2CCCC2)c1. The Morgan fingerprint density at radius 3 is 2.86 bits per heavy atom. The third kappa shape index (κ3) is 3.47. The van der Waals surface area contributed by atoms with Crippen molar-refractivity contribution in [3.63, 3.8) is 0 Å². The first-order chi connectivity index (χ1) is 10.7. The zero-order chi connectivity index (χ0) is 15.4. The summed E-state index contributed by atoms with van der Waals surface area (Å²) in [6.07, 6.45) is 6.11. The predicted octanol–water partition coefficient (Wildman–Crippen LogP) is 2.30. The van der Waals surface area contributed by atoms with Gasteiger partial charge in [-0.15, -0.1) is 0 Å². The zero-order valence-electron chi connectivity index (χ0n) is 12.9. The van der Waals surface area contributed by atoms with Crippen molar-refractivity contribution < 1.29 is 4.79 Å². The van der Waals surface area contributed by atoms with Gasteiger partial charge in [-0.25, -0.2) is 0 Å². The lowest BCUT2D eigenvalue weighted by Gasteiger charge is -2.19. The van der Waals surface area contributed by atoms with Crippen LogP contribution in [0.5, 0.6) is 0 Å². The fourth-order valence-corrected chi connectivity index (χ4v) is 2.86. The molecule has 22 heavy (non-hydrogen) atoms. The van der Waals surface area contributed by atoms with Crippen LogP contribution in [0.1, 0.15) is 30.1 Å². The molecule has 1 aromatic carbocycles. The van der Waals surface area contributed by atoms with E-state index in [1.165, 1.54) is 12.8 Å². The van der Waals surface area contributed by atoms with Crippen molar-refractivity contribution >= 4 is 11.6 Å². The van der Waals surface area contributed by atoms with Gasteiger partial charge in [0.25, 0.3) is 5.91 Å². The van der Waals surface area contributed by atoms with Crippen LogP contribution >= 0.6 is 0 Å². The molecule has 1 fully saturated rings. The minimum absolute atomic E-state index is 0.0271. The molecule has 1 unspecified atom stereocenters. The van der Waals surface area contributed by atoms with Crippen LogP contribution in [0.15, 0.2) is 42.7 Å². The quantitative estimate of drug-likeness (QED) is 0.921. The summed E-state index contributed by atoms with van der Waals surface area (Å²) < 4.78 is 1.83. The van der Waals surface area contributed by atoms with E-state index in [1.807, 2.05) is 42.1 Å². The third-order valence-electron chi connectivity index (χ3n) is 3.98. The average Bonchev–Trinajstić information content (AvgIpc) is 3.20. The van der Waals surface area contributed by atoms with Crippen LogP contribution < -0.4 is 10.2 Å².